The molecular weight excluding hydrogens is 244 g/mol. The van der Waals surface area contributed by atoms with Gasteiger partial charge in [-0.1, -0.05) is 0 Å². The molecule has 1 saturated heterocycles. The molecule has 0 aromatic heterocycles. The van der Waals surface area contributed by atoms with E-state index < -0.39 is 0 Å². The number of quaternary nitrogens is 1. The first kappa shape index (κ1) is 16.0. The second kappa shape index (κ2) is 5.90. The molecule has 5 nitrogen and oxygen atoms in total. The van der Waals surface area contributed by atoms with Crippen LogP contribution in [0.2, 0.25) is 0 Å². The third kappa shape index (κ3) is 6.05. The number of piperidine rings is 1. The Labute approximate surface area is 115 Å². The van der Waals surface area contributed by atoms with Gasteiger partial charge in [-0.3, -0.25) is 4.79 Å². The van der Waals surface area contributed by atoms with Gasteiger partial charge in [0.2, 0.25) is 0 Å². The van der Waals surface area contributed by atoms with Gasteiger partial charge in [-0.25, -0.2) is 4.79 Å². The van der Waals surface area contributed by atoms with Crippen LogP contribution in [0.15, 0.2) is 0 Å². The van der Waals surface area contributed by atoms with E-state index in [4.69, 9.17) is 4.74 Å². The van der Waals surface area contributed by atoms with Gasteiger partial charge in [0.15, 0.2) is 5.78 Å². The van der Waals surface area contributed by atoms with E-state index in [-0.39, 0.29) is 23.5 Å². The summed E-state index contributed by atoms with van der Waals surface area (Å²) in [5.74, 6) is 0.215. The maximum Gasteiger partial charge on any atom is 0.407 e. The van der Waals surface area contributed by atoms with Gasteiger partial charge >= 0.3 is 6.09 Å². The molecule has 1 amide bonds. The number of nitrogens with zero attached hydrogens (tertiary/aromatic N) is 1. The molecule has 0 aromatic rings. The van der Waals surface area contributed by atoms with E-state index in [0.717, 1.165) is 30.4 Å². The van der Waals surface area contributed by atoms with Gasteiger partial charge in [0.1, 0.15) is 12.6 Å². The molecule has 0 saturated carbocycles. The van der Waals surface area contributed by atoms with Gasteiger partial charge < -0.3 is 14.5 Å². The molecular formula is C14H27N2O3+. The number of hydrogen-bond acceptors (Lipinski definition) is 3. The number of likely N-dealkylation sites (tertiary alicyclic amines) is 1. The fourth-order valence-corrected chi connectivity index (χ4v) is 2.47. The Bertz CT molecular complexity index is 339. The zero-order valence-corrected chi connectivity index (χ0v) is 12.8. The van der Waals surface area contributed by atoms with Crippen LogP contribution in [0.3, 0.4) is 0 Å². The zero-order valence-electron chi connectivity index (χ0n) is 12.8. The van der Waals surface area contributed by atoms with E-state index in [9.17, 15) is 9.59 Å². The van der Waals surface area contributed by atoms with Crippen molar-refractivity contribution in [3.05, 3.63) is 0 Å². The minimum Gasteiger partial charge on any atom is -0.446 e. The molecule has 1 aliphatic rings. The van der Waals surface area contributed by atoms with Crippen LogP contribution in [0, 0.1) is 0 Å². The molecule has 0 bridgehead atoms. The van der Waals surface area contributed by atoms with Crippen LogP contribution in [0.1, 0.15) is 40.5 Å². The molecule has 0 spiro atoms. The van der Waals surface area contributed by atoms with Crippen LogP contribution in [-0.2, 0) is 9.53 Å². The molecule has 1 N–H and O–H groups in total. The number of hydrogen-bond donors (Lipinski definition) is 1. The molecule has 1 aliphatic heterocycles. The van der Waals surface area contributed by atoms with Gasteiger partial charge in [0.25, 0.3) is 0 Å². The fourth-order valence-electron chi connectivity index (χ4n) is 2.47. The first-order valence-corrected chi connectivity index (χ1v) is 6.91. The predicted molar refractivity (Wildman–Crippen MR) is 73.9 cm³/mol. The quantitative estimate of drug-likeness (QED) is 0.795. The van der Waals surface area contributed by atoms with Crippen molar-refractivity contribution in [2.45, 2.75) is 52.2 Å². The monoisotopic (exact) mass is 271 g/mol. The van der Waals surface area contributed by atoms with Crippen LogP contribution >= 0.6 is 0 Å². The van der Waals surface area contributed by atoms with Crippen LogP contribution in [0.25, 0.3) is 0 Å². The van der Waals surface area contributed by atoms with Crippen molar-refractivity contribution in [3.63, 3.8) is 0 Å². The van der Waals surface area contributed by atoms with Crippen LogP contribution < -0.4 is 5.32 Å². The average Bonchev–Trinajstić information content (AvgIpc) is 2.17. The summed E-state index contributed by atoms with van der Waals surface area (Å²) in [5, 5.41) is 2.80. The van der Waals surface area contributed by atoms with Gasteiger partial charge in [-0.15, -0.1) is 0 Å². The van der Waals surface area contributed by atoms with E-state index in [1.807, 2.05) is 20.8 Å². The first-order valence-electron chi connectivity index (χ1n) is 6.91. The summed E-state index contributed by atoms with van der Waals surface area (Å²) in [5.41, 5.74) is -0.273. The van der Waals surface area contributed by atoms with Crippen LogP contribution in [0.5, 0.6) is 0 Å². The lowest BCUT2D eigenvalue weighted by atomic mass is 10.1. The molecule has 0 aliphatic carbocycles. The lowest BCUT2D eigenvalue weighted by Gasteiger charge is -2.39. The number of carbonyl (C=O) groups excluding carboxylic acids is 2. The highest BCUT2D eigenvalue weighted by Gasteiger charge is 2.33. The summed E-state index contributed by atoms with van der Waals surface area (Å²) in [7, 11) is 2.09. The number of alkyl carbamates (subject to hydrolysis) is 1. The maximum absolute atomic E-state index is 11.7. The largest absolute Gasteiger partial charge is 0.446 e. The normalized spacial score (nSPS) is 27.7. The van der Waals surface area contributed by atoms with Crippen molar-refractivity contribution in [1.82, 2.24) is 5.32 Å². The fraction of sp³-hybridized carbons (Fsp3) is 0.857. The molecule has 19 heavy (non-hydrogen) atoms. The number of rotatable bonds is 3. The molecule has 5 heteroatoms. The molecule has 0 radical (unpaired) electrons. The van der Waals surface area contributed by atoms with Gasteiger partial charge in [0, 0.05) is 25.3 Å². The van der Waals surface area contributed by atoms with Gasteiger partial charge in [0.05, 0.1) is 20.1 Å². The number of carbonyl (C=O) groups is 2. The summed E-state index contributed by atoms with van der Waals surface area (Å²) in [6.07, 6.45) is 1.27. The predicted octanol–water partition coefficient (Wildman–Crippen LogP) is 1.71. The molecule has 0 aromatic carbocycles. The van der Waals surface area contributed by atoms with Crippen molar-refractivity contribution >= 4 is 11.9 Å². The van der Waals surface area contributed by atoms with Crippen molar-refractivity contribution in [1.29, 1.82) is 0 Å². The van der Waals surface area contributed by atoms with Crippen LogP contribution in [-0.4, -0.2) is 54.7 Å². The van der Waals surface area contributed by atoms with Crippen molar-refractivity contribution in [2.75, 3.05) is 26.7 Å². The van der Waals surface area contributed by atoms with E-state index >= 15 is 0 Å². The highest BCUT2D eigenvalue weighted by molar-refractivity contribution is 5.76. The van der Waals surface area contributed by atoms with Gasteiger partial charge in [-0.05, 0) is 20.8 Å². The highest BCUT2D eigenvalue weighted by Crippen LogP contribution is 2.19. The standard InChI is InChI=1S/C14H26N2O3/c1-11(17)10-16(5)8-6-12(7-9-16)19-13(18)15-14(2,3)4/h12H,6-10H2,1-5H3/p+1. The van der Waals surface area contributed by atoms with E-state index in [0.29, 0.717) is 6.54 Å². The van der Waals surface area contributed by atoms with E-state index in [1.54, 1.807) is 6.92 Å². The molecule has 0 atom stereocenters. The molecule has 1 heterocycles. The Morgan fingerprint density at radius 2 is 1.79 bits per heavy atom. The third-order valence-electron chi connectivity index (χ3n) is 3.34. The number of Topliss-reactive ketones (excluding diaryl/α,β-unsaturated/α-hetero) is 1. The summed E-state index contributed by atoms with van der Waals surface area (Å²) in [6, 6.07) is 0. The number of likely N-dealkylation sites (N-methyl/N-ethyl adjacent to an activating group) is 1. The minimum atomic E-state index is -0.347. The second-order valence-electron chi connectivity index (χ2n) is 6.91. The smallest absolute Gasteiger partial charge is 0.407 e. The minimum absolute atomic E-state index is 0.0273. The van der Waals surface area contributed by atoms with E-state index in [2.05, 4.69) is 12.4 Å². The topological polar surface area (TPSA) is 55.4 Å². The number of nitrogens with one attached hydrogen (secondary N) is 1. The Balaban J connectivity index is 2.38. The van der Waals surface area contributed by atoms with Crippen molar-refractivity contribution < 1.29 is 18.8 Å². The zero-order chi connectivity index (χ0) is 14.7. The van der Waals surface area contributed by atoms with Crippen molar-refractivity contribution in [3.8, 4) is 0 Å². The lowest BCUT2D eigenvalue weighted by Crippen LogP contribution is -2.54. The Hall–Kier alpha value is -1.10. The molecule has 110 valence electrons. The summed E-state index contributed by atoms with van der Waals surface area (Å²) in [4.78, 5) is 22.9. The number of amides is 1. The Kier molecular flexibility index (Phi) is 4.96. The number of ketones is 1. The Morgan fingerprint density at radius 3 is 2.21 bits per heavy atom. The van der Waals surface area contributed by atoms with Crippen molar-refractivity contribution in [2.24, 2.45) is 0 Å². The molecule has 1 rings (SSSR count). The van der Waals surface area contributed by atoms with Gasteiger partial charge in [-0.2, -0.15) is 0 Å². The summed E-state index contributed by atoms with van der Waals surface area (Å²) in [6.45, 7) is 9.74. The van der Waals surface area contributed by atoms with E-state index in [1.165, 1.54) is 0 Å². The first-order chi connectivity index (χ1) is 8.60. The summed E-state index contributed by atoms with van der Waals surface area (Å²) < 4.78 is 6.18. The SMILES string of the molecule is CC(=O)C[N+]1(C)CCC(OC(=O)NC(C)(C)C)CC1. The van der Waals surface area contributed by atoms with Crippen LogP contribution in [0.4, 0.5) is 4.79 Å². The third-order valence-corrected chi connectivity index (χ3v) is 3.34. The highest BCUT2D eigenvalue weighted by atomic mass is 16.6. The maximum atomic E-state index is 11.7. The second-order valence-corrected chi connectivity index (χ2v) is 6.91. The molecule has 1 fully saturated rings. The Morgan fingerprint density at radius 1 is 1.26 bits per heavy atom. The average molecular weight is 271 g/mol. The number of ether oxygens (including phenoxy) is 1. The molecule has 0 unspecified atom stereocenters. The summed E-state index contributed by atoms with van der Waals surface area (Å²) >= 11 is 0. The lowest BCUT2D eigenvalue weighted by molar-refractivity contribution is -0.907.